The zero-order chi connectivity index (χ0) is 14.1. The van der Waals surface area contributed by atoms with E-state index < -0.39 is 17.7 Å². The molecule has 0 aromatic heterocycles. The van der Waals surface area contributed by atoms with E-state index in [1.807, 2.05) is 0 Å². The first-order valence-electron chi connectivity index (χ1n) is 7.11. The number of aliphatic hydroxyl groups excluding tert-OH is 1. The van der Waals surface area contributed by atoms with Crippen molar-refractivity contribution in [3.8, 4) is 0 Å². The summed E-state index contributed by atoms with van der Waals surface area (Å²) in [6.45, 7) is 2.32. The first kappa shape index (κ1) is 13.9. The molecule has 0 saturated carbocycles. The third-order valence-corrected chi connectivity index (χ3v) is 4.28. The summed E-state index contributed by atoms with van der Waals surface area (Å²) in [5, 5.41) is 10.2. The fourth-order valence-electron chi connectivity index (χ4n) is 3.13. The van der Waals surface area contributed by atoms with E-state index >= 15 is 0 Å². The summed E-state index contributed by atoms with van der Waals surface area (Å²) >= 11 is 0. The summed E-state index contributed by atoms with van der Waals surface area (Å²) in [5.41, 5.74) is 0.199. The Morgan fingerprint density at radius 1 is 1.40 bits per heavy atom. The van der Waals surface area contributed by atoms with Crippen molar-refractivity contribution in [2.45, 2.75) is 37.5 Å². The Kier molecular flexibility index (Phi) is 4.01. The highest BCUT2D eigenvalue weighted by atomic mass is 19.1. The average Bonchev–Trinajstić information content (AvgIpc) is 2.90. The van der Waals surface area contributed by atoms with Crippen molar-refractivity contribution in [2.24, 2.45) is 0 Å². The molecule has 2 aliphatic heterocycles. The third-order valence-electron chi connectivity index (χ3n) is 4.28. The molecule has 20 heavy (non-hydrogen) atoms. The van der Waals surface area contributed by atoms with E-state index in [-0.39, 0.29) is 18.1 Å². The molecular formula is C15H19F2NO2. The largest absolute Gasteiger partial charge is 0.390 e. The maximum Gasteiger partial charge on any atom is 0.126 e. The Bertz CT molecular complexity index is 483. The highest BCUT2D eigenvalue weighted by molar-refractivity contribution is 5.19. The number of aliphatic hydroxyl groups is 1. The predicted octanol–water partition coefficient (Wildman–Crippen LogP) is 1.73. The second-order valence-corrected chi connectivity index (χ2v) is 5.67. The van der Waals surface area contributed by atoms with Gasteiger partial charge < -0.3 is 9.84 Å². The van der Waals surface area contributed by atoms with Crippen LogP contribution in [0, 0.1) is 11.6 Å². The van der Waals surface area contributed by atoms with Gasteiger partial charge in [0.1, 0.15) is 11.6 Å². The van der Waals surface area contributed by atoms with Gasteiger partial charge in [-0.25, -0.2) is 8.78 Å². The first-order valence-corrected chi connectivity index (χ1v) is 7.11. The Morgan fingerprint density at radius 3 is 3.10 bits per heavy atom. The van der Waals surface area contributed by atoms with Crippen molar-refractivity contribution < 1.29 is 18.6 Å². The van der Waals surface area contributed by atoms with Crippen LogP contribution in [0.3, 0.4) is 0 Å². The molecule has 0 radical (unpaired) electrons. The van der Waals surface area contributed by atoms with Crippen molar-refractivity contribution in [3.05, 3.63) is 35.4 Å². The molecule has 2 aliphatic rings. The maximum atomic E-state index is 13.6. The molecule has 5 heteroatoms. The monoisotopic (exact) mass is 283 g/mol. The molecule has 0 spiro atoms. The lowest BCUT2D eigenvalue weighted by Crippen LogP contribution is -2.50. The van der Waals surface area contributed by atoms with Gasteiger partial charge in [0.25, 0.3) is 0 Å². The van der Waals surface area contributed by atoms with Gasteiger partial charge in [0.2, 0.25) is 0 Å². The van der Waals surface area contributed by atoms with Gasteiger partial charge in [-0.2, -0.15) is 0 Å². The lowest BCUT2D eigenvalue weighted by atomic mass is 10.0. The molecular weight excluding hydrogens is 264 g/mol. The second-order valence-electron chi connectivity index (χ2n) is 5.67. The predicted molar refractivity (Wildman–Crippen MR) is 70.4 cm³/mol. The highest BCUT2D eigenvalue weighted by Crippen LogP contribution is 2.25. The molecule has 2 heterocycles. The zero-order valence-electron chi connectivity index (χ0n) is 11.3. The van der Waals surface area contributed by atoms with Crippen LogP contribution in [0.2, 0.25) is 0 Å². The summed E-state index contributed by atoms with van der Waals surface area (Å²) < 4.78 is 32.4. The van der Waals surface area contributed by atoms with Gasteiger partial charge in [-0.15, -0.1) is 0 Å². The fraction of sp³-hybridized carbons (Fsp3) is 0.600. The molecule has 3 rings (SSSR count). The van der Waals surface area contributed by atoms with Gasteiger partial charge in [-0.1, -0.05) is 0 Å². The number of nitrogens with zero attached hydrogens (tertiary/aromatic N) is 1. The molecule has 0 bridgehead atoms. The lowest BCUT2D eigenvalue weighted by molar-refractivity contribution is -0.101. The van der Waals surface area contributed by atoms with E-state index in [9.17, 15) is 13.9 Å². The summed E-state index contributed by atoms with van der Waals surface area (Å²) in [5.74, 6) is -0.974. The van der Waals surface area contributed by atoms with Crippen molar-refractivity contribution >= 4 is 0 Å². The number of hydrogen-bond acceptors (Lipinski definition) is 3. The zero-order valence-corrected chi connectivity index (χ0v) is 11.3. The van der Waals surface area contributed by atoms with Crippen LogP contribution in [0.15, 0.2) is 18.2 Å². The molecule has 2 fully saturated rings. The highest BCUT2D eigenvalue weighted by Gasteiger charge is 2.35. The molecule has 3 atom stereocenters. The first-order chi connectivity index (χ1) is 9.63. The van der Waals surface area contributed by atoms with Gasteiger partial charge in [-0.3, -0.25) is 4.90 Å². The number of fused-ring (bicyclic) bond motifs is 1. The summed E-state index contributed by atoms with van der Waals surface area (Å²) in [7, 11) is 0. The van der Waals surface area contributed by atoms with Crippen molar-refractivity contribution in [1.29, 1.82) is 0 Å². The number of benzene rings is 1. The summed E-state index contributed by atoms with van der Waals surface area (Å²) in [4.78, 5) is 2.32. The van der Waals surface area contributed by atoms with Gasteiger partial charge in [0.05, 0.1) is 18.8 Å². The Balaban J connectivity index is 1.64. The molecule has 110 valence electrons. The minimum atomic E-state index is -0.812. The quantitative estimate of drug-likeness (QED) is 0.917. The number of ether oxygens (including phenoxy) is 1. The van der Waals surface area contributed by atoms with E-state index in [1.54, 1.807) is 0 Å². The smallest absolute Gasteiger partial charge is 0.126 e. The number of rotatable bonds is 3. The van der Waals surface area contributed by atoms with Crippen LogP contribution in [0.4, 0.5) is 8.78 Å². The van der Waals surface area contributed by atoms with E-state index in [1.165, 1.54) is 0 Å². The van der Waals surface area contributed by atoms with Crippen molar-refractivity contribution in [2.75, 3.05) is 19.7 Å². The molecule has 3 nitrogen and oxygen atoms in total. The Morgan fingerprint density at radius 2 is 2.25 bits per heavy atom. The van der Waals surface area contributed by atoms with Crippen LogP contribution in [-0.2, 0) is 11.2 Å². The van der Waals surface area contributed by atoms with Crippen molar-refractivity contribution in [3.63, 3.8) is 0 Å². The minimum Gasteiger partial charge on any atom is -0.390 e. The van der Waals surface area contributed by atoms with Crippen LogP contribution < -0.4 is 0 Å². The minimum absolute atomic E-state index is 0.0762. The second kappa shape index (κ2) is 5.76. The number of morpholine rings is 1. The average molecular weight is 283 g/mol. The van der Waals surface area contributed by atoms with Crippen LogP contribution in [0.5, 0.6) is 0 Å². The SMILES string of the molecule is OC(Cc1cc(F)ccc1F)C1CN2CCCC2CO1. The number of halogens is 2. The topological polar surface area (TPSA) is 32.7 Å². The molecule has 0 aliphatic carbocycles. The third kappa shape index (κ3) is 2.85. The van der Waals surface area contributed by atoms with Gasteiger partial charge in [-0.05, 0) is 43.1 Å². The molecule has 0 amide bonds. The van der Waals surface area contributed by atoms with Crippen LogP contribution in [-0.4, -0.2) is 48.0 Å². The number of hydrogen-bond donors (Lipinski definition) is 1. The molecule has 1 aromatic carbocycles. The normalized spacial score (nSPS) is 28.4. The van der Waals surface area contributed by atoms with Crippen LogP contribution >= 0.6 is 0 Å². The standard InChI is InChI=1S/C15H19F2NO2/c16-11-3-4-13(17)10(6-11)7-14(19)15-8-18-5-1-2-12(18)9-20-15/h3-4,6,12,14-15,19H,1-2,5,7-9H2. The van der Waals surface area contributed by atoms with Crippen LogP contribution in [0.25, 0.3) is 0 Å². The Labute approximate surface area is 117 Å². The Hall–Kier alpha value is -1.04. The summed E-state index contributed by atoms with van der Waals surface area (Å²) in [6.07, 6.45) is 1.24. The molecule has 1 N–H and O–H groups in total. The van der Waals surface area contributed by atoms with Crippen molar-refractivity contribution in [1.82, 2.24) is 4.90 Å². The van der Waals surface area contributed by atoms with Gasteiger partial charge in [0, 0.05) is 19.0 Å². The van der Waals surface area contributed by atoms with E-state index in [0.717, 1.165) is 37.6 Å². The summed E-state index contributed by atoms with van der Waals surface area (Å²) in [6, 6.07) is 3.77. The van der Waals surface area contributed by atoms with Gasteiger partial charge >= 0.3 is 0 Å². The van der Waals surface area contributed by atoms with E-state index in [0.29, 0.717) is 19.2 Å². The fourth-order valence-corrected chi connectivity index (χ4v) is 3.13. The lowest BCUT2D eigenvalue weighted by Gasteiger charge is -2.37. The van der Waals surface area contributed by atoms with Crippen LogP contribution in [0.1, 0.15) is 18.4 Å². The van der Waals surface area contributed by atoms with Gasteiger partial charge in [0.15, 0.2) is 0 Å². The molecule has 3 unspecified atom stereocenters. The van der Waals surface area contributed by atoms with E-state index in [4.69, 9.17) is 4.74 Å². The molecule has 2 saturated heterocycles. The van der Waals surface area contributed by atoms with E-state index in [2.05, 4.69) is 4.90 Å². The molecule has 1 aromatic rings. The maximum absolute atomic E-state index is 13.6.